The predicted octanol–water partition coefficient (Wildman–Crippen LogP) is 2.55. The van der Waals surface area contributed by atoms with E-state index in [9.17, 15) is 4.39 Å². The molecule has 2 atom stereocenters. The highest BCUT2D eigenvalue weighted by Gasteiger charge is 2.35. The molecule has 0 unspecified atom stereocenters. The van der Waals surface area contributed by atoms with E-state index in [0.717, 1.165) is 50.1 Å². The van der Waals surface area contributed by atoms with Crippen LogP contribution < -0.4 is 5.32 Å². The first kappa shape index (κ1) is 14.1. The van der Waals surface area contributed by atoms with Crippen LogP contribution in [0.2, 0.25) is 5.02 Å². The summed E-state index contributed by atoms with van der Waals surface area (Å²) in [5.74, 6) is 1.25. The van der Waals surface area contributed by atoms with Gasteiger partial charge in [-0.2, -0.15) is 0 Å². The summed E-state index contributed by atoms with van der Waals surface area (Å²) >= 11 is 5.68. The van der Waals surface area contributed by atoms with Crippen molar-refractivity contribution in [1.82, 2.24) is 10.2 Å². The Morgan fingerprint density at radius 1 is 1.28 bits per heavy atom. The van der Waals surface area contributed by atoms with Crippen molar-refractivity contribution in [3.05, 3.63) is 34.6 Å². The van der Waals surface area contributed by atoms with Gasteiger partial charge in [-0.05, 0) is 42.6 Å². The molecule has 2 aliphatic heterocycles. The van der Waals surface area contributed by atoms with Crippen molar-refractivity contribution in [2.75, 3.05) is 26.2 Å². The molecule has 2 fully saturated rings. The second kappa shape index (κ2) is 5.74. The summed E-state index contributed by atoms with van der Waals surface area (Å²) in [4.78, 5) is 2.42. The molecule has 2 nitrogen and oxygen atoms in total. The minimum absolute atomic E-state index is 0. The van der Waals surface area contributed by atoms with Crippen molar-refractivity contribution in [2.24, 2.45) is 11.8 Å². The summed E-state index contributed by atoms with van der Waals surface area (Å²) in [5, 5.41) is 3.63. The zero-order chi connectivity index (χ0) is 11.8. The van der Waals surface area contributed by atoms with Crippen LogP contribution in [0.25, 0.3) is 0 Å². The Kier molecular flexibility index (Phi) is 4.49. The van der Waals surface area contributed by atoms with Crippen molar-refractivity contribution in [1.29, 1.82) is 0 Å². The van der Waals surface area contributed by atoms with Crippen LogP contribution in [0.4, 0.5) is 4.39 Å². The average molecular weight is 291 g/mol. The second-order valence-corrected chi connectivity index (χ2v) is 5.53. The first-order valence-electron chi connectivity index (χ1n) is 6.09. The molecule has 0 aliphatic carbocycles. The summed E-state index contributed by atoms with van der Waals surface area (Å²) in [7, 11) is 0. The quantitative estimate of drug-likeness (QED) is 0.901. The minimum Gasteiger partial charge on any atom is -0.316 e. The molecule has 100 valence electrons. The van der Waals surface area contributed by atoms with Gasteiger partial charge in [0.2, 0.25) is 0 Å². The molecule has 0 radical (unpaired) electrons. The summed E-state index contributed by atoms with van der Waals surface area (Å²) in [6.45, 7) is 5.36. The van der Waals surface area contributed by atoms with Crippen LogP contribution in [-0.4, -0.2) is 31.1 Å². The highest BCUT2D eigenvalue weighted by Crippen LogP contribution is 2.27. The summed E-state index contributed by atoms with van der Waals surface area (Å²) in [5.41, 5.74) is 1.01. The SMILES string of the molecule is Cl.Fc1cc(CN2C[C@H]3CNC[C@H]3C2)ccc1Cl. The Morgan fingerprint density at radius 2 is 1.94 bits per heavy atom. The van der Waals surface area contributed by atoms with Gasteiger partial charge in [-0.25, -0.2) is 4.39 Å². The average Bonchev–Trinajstić information content (AvgIpc) is 2.84. The third-order valence-corrected chi connectivity index (χ3v) is 4.16. The van der Waals surface area contributed by atoms with Gasteiger partial charge >= 0.3 is 0 Å². The molecule has 5 heteroatoms. The fourth-order valence-corrected chi connectivity index (χ4v) is 3.10. The Labute approximate surface area is 118 Å². The fraction of sp³-hybridized carbons (Fsp3) is 0.538. The van der Waals surface area contributed by atoms with Gasteiger partial charge in [-0.1, -0.05) is 17.7 Å². The number of fused-ring (bicyclic) bond motifs is 1. The van der Waals surface area contributed by atoms with Gasteiger partial charge in [0.15, 0.2) is 0 Å². The van der Waals surface area contributed by atoms with E-state index in [1.165, 1.54) is 0 Å². The van der Waals surface area contributed by atoms with E-state index >= 15 is 0 Å². The van der Waals surface area contributed by atoms with Crippen LogP contribution in [0.1, 0.15) is 5.56 Å². The number of hydrogen-bond acceptors (Lipinski definition) is 2. The normalized spacial score (nSPS) is 27.0. The molecule has 2 saturated heterocycles. The molecule has 18 heavy (non-hydrogen) atoms. The van der Waals surface area contributed by atoms with Gasteiger partial charge in [0.05, 0.1) is 5.02 Å². The Hall–Kier alpha value is -0.350. The number of rotatable bonds is 2. The maximum absolute atomic E-state index is 13.3. The lowest BCUT2D eigenvalue weighted by Crippen LogP contribution is -2.25. The van der Waals surface area contributed by atoms with Crippen LogP contribution in [0, 0.1) is 17.7 Å². The smallest absolute Gasteiger partial charge is 0.142 e. The molecule has 0 saturated carbocycles. The summed E-state index contributed by atoms with van der Waals surface area (Å²) in [6.07, 6.45) is 0. The van der Waals surface area contributed by atoms with Crippen LogP contribution in [0.15, 0.2) is 18.2 Å². The largest absolute Gasteiger partial charge is 0.316 e. The van der Waals surface area contributed by atoms with Crippen molar-refractivity contribution in [3.8, 4) is 0 Å². The van der Waals surface area contributed by atoms with E-state index < -0.39 is 0 Å². The van der Waals surface area contributed by atoms with E-state index in [0.29, 0.717) is 0 Å². The third-order valence-electron chi connectivity index (χ3n) is 3.86. The number of likely N-dealkylation sites (tertiary alicyclic amines) is 1. The molecule has 0 amide bonds. The van der Waals surface area contributed by atoms with E-state index in [1.807, 2.05) is 6.07 Å². The van der Waals surface area contributed by atoms with E-state index in [2.05, 4.69) is 10.2 Å². The first-order chi connectivity index (χ1) is 8.22. The maximum Gasteiger partial charge on any atom is 0.142 e. The third kappa shape index (κ3) is 2.80. The van der Waals surface area contributed by atoms with E-state index in [-0.39, 0.29) is 23.2 Å². The molecule has 0 bridgehead atoms. The molecule has 0 spiro atoms. The van der Waals surface area contributed by atoms with Gasteiger partial charge in [0, 0.05) is 19.6 Å². The highest BCUT2D eigenvalue weighted by molar-refractivity contribution is 6.30. The van der Waals surface area contributed by atoms with Crippen molar-refractivity contribution in [3.63, 3.8) is 0 Å². The molecule has 1 aromatic rings. The van der Waals surface area contributed by atoms with Gasteiger partial charge in [0.25, 0.3) is 0 Å². The first-order valence-corrected chi connectivity index (χ1v) is 6.47. The Balaban J connectivity index is 0.00000120. The van der Waals surface area contributed by atoms with Gasteiger partial charge in [-0.3, -0.25) is 4.90 Å². The fourth-order valence-electron chi connectivity index (χ4n) is 2.98. The summed E-state index contributed by atoms with van der Waals surface area (Å²) < 4.78 is 13.3. The van der Waals surface area contributed by atoms with Gasteiger partial charge in [0.1, 0.15) is 5.82 Å². The number of nitrogens with one attached hydrogen (secondary N) is 1. The molecule has 1 aromatic carbocycles. The van der Waals surface area contributed by atoms with Crippen molar-refractivity contribution in [2.45, 2.75) is 6.54 Å². The topological polar surface area (TPSA) is 15.3 Å². The lowest BCUT2D eigenvalue weighted by Gasteiger charge is -2.17. The van der Waals surface area contributed by atoms with Crippen LogP contribution in [0.5, 0.6) is 0 Å². The van der Waals surface area contributed by atoms with E-state index in [1.54, 1.807) is 12.1 Å². The molecular weight excluding hydrogens is 274 g/mol. The Bertz CT molecular complexity index is 415. The monoisotopic (exact) mass is 290 g/mol. The molecule has 2 aliphatic rings. The van der Waals surface area contributed by atoms with Gasteiger partial charge in [-0.15, -0.1) is 12.4 Å². The predicted molar refractivity (Wildman–Crippen MR) is 73.8 cm³/mol. The Morgan fingerprint density at radius 3 is 2.56 bits per heavy atom. The number of benzene rings is 1. The molecule has 3 rings (SSSR count). The van der Waals surface area contributed by atoms with Crippen LogP contribution >= 0.6 is 24.0 Å². The second-order valence-electron chi connectivity index (χ2n) is 5.12. The number of halogens is 3. The van der Waals surface area contributed by atoms with E-state index in [4.69, 9.17) is 11.6 Å². The maximum atomic E-state index is 13.3. The van der Waals surface area contributed by atoms with Crippen molar-refractivity contribution < 1.29 is 4.39 Å². The highest BCUT2D eigenvalue weighted by atomic mass is 35.5. The lowest BCUT2D eigenvalue weighted by atomic mass is 10.0. The standard InChI is InChI=1S/C13H16ClFN2.ClH/c14-12-2-1-9(3-13(12)15)6-17-7-10-4-16-5-11(10)8-17;/h1-3,10-11,16H,4-8H2;1H/t10-,11+;. The van der Waals surface area contributed by atoms with Crippen LogP contribution in [0.3, 0.4) is 0 Å². The minimum atomic E-state index is -0.315. The molecule has 2 heterocycles. The zero-order valence-corrected chi connectivity index (χ0v) is 11.6. The zero-order valence-electron chi connectivity index (χ0n) is 10.0. The lowest BCUT2D eigenvalue weighted by molar-refractivity contribution is 0.305. The number of hydrogen-bond donors (Lipinski definition) is 1. The molecular formula is C13H17Cl2FN2. The van der Waals surface area contributed by atoms with Gasteiger partial charge < -0.3 is 5.32 Å². The molecule has 1 N–H and O–H groups in total. The van der Waals surface area contributed by atoms with Crippen LogP contribution in [-0.2, 0) is 6.54 Å². The molecule has 0 aromatic heterocycles. The summed E-state index contributed by atoms with van der Waals surface area (Å²) in [6, 6.07) is 5.11. The number of nitrogens with zero attached hydrogens (tertiary/aromatic N) is 1. The van der Waals surface area contributed by atoms with Crippen molar-refractivity contribution >= 4 is 24.0 Å².